The number of ketones is 1. The average Bonchev–Trinajstić information content (AvgIpc) is 2.66. The Bertz CT molecular complexity index is 941. The lowest BCUT2D eigenvalue weighted by Crippen LogP contribution is -2.28. The van der Waals surface area contributed by atoms with Gasteiger partial charge in [-0.25, -0.2) is 0 Å². The Hall–Kier alpha value is -3.11. The van der Waals surface area contributed by atoms with E-state index in [1.54, 1.807) is 24.3 Å². The second-order valence-electron chi connectivity index (χ2n) is 5.93. The molecule has 0 aliphatic heterocycles. The molecule has 7 heteroatoms. The van der Waals surface area contributed by atoms with Crippen LogP contribution in [-0.2, 0) is 11.3 Å². The van der Waals surface area contributed by atoms with E-state index in [9.17, 15) is 20.0 Å². The molecule has 1 aromatic carbocycles. The van der Waals surface area contributed by atoms with Crippen LogP contribution in [0.1, 0.15) is 40.4 Å². The smallest absolute Gasteiger partial charge is 0.271 e. The maximum absolute atomic E-state index is 13.2. The third-order valence-corrected chi connectivity index (χ3v) is 4.14. The topological polar surface area (TPSA) is 102 Å². The fourth-order valence-electron chi connectivity index (χ4n) is 2.74. The van der Waals surface area contributed by atoms with Crippen LogP contribution in [0.25, 0.3) is 0 Å². The molecule has 0 unspecified atom stereocenters. The van der Waals surface area contributed by atoms with Crippen molar-refractivity contribution in [2.45, 2.75) is 26.8 Å². The van der Waals surface area contributed by atoms with Gasteiger partial charge >= 0.3 is 0 Å². The normalized spacial score (nSPS) is 10.4. The van der Waals surface area contributed by atoms with Crippen molar-refractivity contribution in [3.63, 3.8) is 0 Å². The lowest BCUT2D eigenvalue weighted by molar-refractivity contribution is 0.102. The van der Waals surface area contributed by atoms with Crippen molar-refractivity contribution in [2.24, 2.45) is 0 Å². The van der Waals surface area contributed by atoms with Gasteiger partial charge in [0.2, 0.25) is 11.7 Å². The van der Waals surface area contributed by atoms with Gasteiger partial charge in [-0.3, -0.25) is 14.2 Å². The predicted octanol–water partition coefficient (Wildman–Crippen LogP) is 2.40. The monoisotopic (exact) mass is 370 g/mol. The molecule has 2 aromatic rings. The second-order valence-corrected chi connectivity index (χ2v) is 5.93. The largest absolute Gasteiger partial charge is 0.494 e. The van der Waals surface area contributed by atoms with E-state index in [0.29, 0.717) is 12.4 Å². The number of para-hydroxylation sites is 1. The van der Waals surface area contributed by atoms with Crippen LogP contribution in [0.2, 0.25) is 0 Å². The molecule has 0 atom stereocenters. The number of ether oxygens (including phenoxy) is 2. The molecule has 7 nitrogen and oxygen atoms in total. The summed E-state index contributed by atoms with van der Waals surface area (Å²) >= 11 is 0. The van der Waals surface area contributed by atoms with E-state index in [1.807, 2.05) is 13.0 Å². The predicted molar refractivity (Wildman–Crippen MR) is 99.4 cm³/mol. The number of hydrogen-bond donors (Lipinski definition) is 1. The molecule has 0 spiro atoms. The van der Waals surface area contributed by atoms with Crippen molar-refractivity contribution in [3.05, 3.63) is 56.9 Å². The number of aromatic nitrogens is 1. The highest BCUT2D eigenvalue weighted by Gasteiger charge is 2.26. The zero-order chi connectivity index (χ0) is 20.0. The van der Waals surface area contributed by atoms with Gasteiger partial charge in [-0.15, -0.1) is 0 Å². The highest BCUT2D eigenvalue weighted by Crippen LogP contribution is 2.28. The van der Waals surface area contributed by atoms with Crippen molar-refractivity contribution < 1.29 is 19.4 Å². The third kappa shape index (κ3) is 4.01. The lowest BCUT2D eigenvalue weighted by atomic mass is 9.96. The molecule has 0 saturated carbocycles. The van der Waals surface area contributed by atoms with Gasteiger partial charge in [0.05, 0.1) is 30.9 Å². The van der Waals surface area contributed by atoms with Crippen molar-refractivity contribution in [3.8, 4) is 17.7 Å². The minimum Gasteiger partial charge on any atom is -0.494 e. The Morgan fingerprint density at radius 1 is 1.30 bits per heavy atom. The zero-order valence-electron chi connectivity index (χ0n) is 15.6. The van der Waals surface area contributed by atoms with E-state index in [4.69, 9.17) is 9.47 Å². The van der Waals surface area contributed by atoms with Gasteiger partial charge in [-0.2, -0.15) is 5.26 Å². The van der Waals surface area contributed by atoms with Gasteiger partial charge in [0, 0.05) is 7.11 Å². The average molecular weight is 370 g/mol. The molecule has 0 bridgehead atoms. The van der Waals surface area contributed by atoms with Crippen molar-refractivity contribution in [1.29, 1.82) is 5.26 Å². The fraction of sp³-hybridized carbons (Fsp3) is 0.350. The molecule has 2 rings (SSSR count). The Morgan fingerprint density at radius 2 is 2.00 bits per heavy atom. The molecule has 0 aliphatic rings. The van der Waals surface area contributed by atoms with Crippen LogP contribution in [0, 0.1) is 18.3 Å². The first-order valence-electron chi connectivity index (χ1n) is 8.59. The summed E-state index contributed by atoms with van der Waals surface area (Å²) in [5, 5.41) is 20.0. The number of aromatic hydroxyl groups is 1. The first-order valence-corrected chi connectivity index (χ1v) is 8.59. The minimum atomic E-state index is -0.656. The van der Waals surface area contributed by atoms with Crippen LogP contribution >= 0.6 is 0 Å². The van der Waals surface area contributed by atoms with Crippen LogP contribution in [0.5, 0.6) is 11.6 Å². The highest BCUT2D eigenvalue weighted by molar-refractivity contribution is 6.13. The van der Waals surface area contributed by atoms with Gasteiger partial charge in [0.25, 0.3) is 5.56 Å². The summed E-state index contributed by atoms with van der Waals surface area (Å²) in [5.74, 6) is -0.612. The minimum absolute atomic E-state index is 0.0182. The van der Waals surface area contributed by atoms with Gasteiger partial charge in [-0.05, 0) is 31.0 Å². The number of carbonyl (C=O) groups excluding carboxylic acids is 1. The molecule has 27 heavy (non-hydrogen) atoms. The highest BCUT2D eigenvalue weighted by atomic mass is 16.5. The number of nitriles is 1. The van der Waals surface area contributed by atoms with Crippen LogP contribution in [-0.4, -0.2) is 35.8 Å². The van der Waals surface area contributed by atoms with Gasteiger partial charge in [-0.1, -0.05) is 19.1 Å². The first-order chi connectivity index (χ1) is 13.0. The molecule has 1 heterocycles. The van der Waals surface area contributed by atoms with E-state index in [2.05, 4.69) is 0 Å². The van der Waals surface area contributed by atoms with Crippen molar-refractivity contribution >= 4 is 5.78 Å². The molecule has 1 aromatic heterocycles. The molecular formula is C20H22N2O5. The first kappa shape index (κ1) is 20.2. The fourth-order valence-corrected chi connectivity index (χ4v) is 2.74. The number of benzene rings is 1. The molecule has 0 fully saturated rings. The SMILES string of the molecule is CCCOc1ccccc1C(=O)c1c(C)c(C#N)c(=O)n(CCOC)c1O. The second kappa shape index (κ2) is 9.01. The molecule has 142 valence electrons. The van der Waals surface area contributed by atoms with Crippen LogP contribution in [0.15, 0.2) is 29.1 Å². The van der Waals surface area contributed by atoms with Crippen LogP contribution < -0.4 is 10.3 Å². The van der Waals surface area contributed by atoms with Gasteiger partial charge in [0.15, 0.2) is 0 Å². The van der Waals surface area contributed by atoms with Crippen molar-refractivity contribution in [2.75, 3.05) is 20.3 Å². The summed E-state index contributed by atoms with van der Waals surface area (Å²) in [6.07, 6.45) is 0.771. The van der Waals surface area contributed by atoms with Crippen molar-refractivity contribution in [1.82, 2.24) is 4.57 Å². The van der Waals surface area contributed by atoms with E-state index in [0.717, 1.165) is 11.0 Å². The van der Waals surface area contributed by atoms with E-state index in [-0.39, 0.29) is 35.4 Å². The number of carbonyl (C=O) groups is 1. The summed E-state index contributed by atoms with van der Waals surface area (Å²) in [6, 6.07) is 8.52. The van der Waals surface area contributed by atoms with Crippen LogP contribution in [0.3, 0.4) is 0 Å². The third-order valence-electron chi connectivity index (χ3n) is 4.14. The number of hydrogen-bond acceptors (Lipinski definition) is 6. The zero-order valence-corrected chi connectivity index (χ0v) is 15.6. The molecule has 0 saturated heterocycles. The molecule has 0 aliphatic carbocycles. The number of rotatable bonds is 8. The summed E-state index contributed by atoms with van der Waals surface area (Å²) in [5.41, 5.74) is -0.528. The molecule has 0 amide bonds. The maximum atomic E-state index is 13.2. The molecular weight excluding hydrogens is 348 g/mol. The summed E-state index contributed by atoms with van der Waals surface area (Å²) in [6.45, 7) is 4.02. The standard InChI is InChI=1S/C20H22N2O5/c1-4-10-27-16-8-6-5-7-14(16)18(23)17-13(2)15(12-21)19(24)22(20(17)25)9-11-26-3/h5-8,25H,4,9-11H2,1-3H3. The Morgan fingerprint density at radius 3 is 2.63 bits per heavy atom. The lowest BCUT2D eigenvalue weighted by Gasteiger charge is -2.16. The number of methoxy groups -OCH3 is 1. The van der Waals surface area contributed by atoms with Gasteiger partial charge in [0.1, 0.15) is 17.4 Å². The maximum Gasteiger partial charge on any atom is 0.271 e. The number of nitrogens with zero attached hydrogens (tertiary/aromatic N) is 2. The Balaban J connectivity index is 2.67. The van der Waals surface area contributed by atoms with E-state index < -0.39 is 17.2 Å². The molecule has 1 N–H and O–H groups in total. The quantitative estimate of drug-likeness (QED) is 0.716. The summed E-state index contributed by atoms with van der Waals surface area (Å²) in [7, 11) is 1.45. The van der Waals surface area contributed by atoms with Crippen LogP contribution in [0.4, 0.5) is 0 Å². The molecule has 0 radical (unpaired) electrons. The van der Waals surface area contributed by atoms with E-state index >= 15 is 0 Å². The summed E-state index contributed by atoms with van der Waals surface area (Å²) < 4.78 is 11.6. The van der Waals surface area contributed by atoms with E-state index in [1.165, 1.54) is 14.0 Å². The Labute approximate surface area is 157 Å². The Kier molecular flexibility index (Phi) is 6.74. The van der Waals surface area contributed by atoms with Gasteiger partial charge < -0.3 is 14.6 Å². The summed E-state index contributed by atoms with van der Waals surface area (Å²) in [4.78, 5) is 25.6. The number of pyridine rings is 1.